The number of pyridine rings is 1. The van der Waals surface area contributed by atoms with Crippen molar-refractivity contribution in [2.24, 2.45) is 0 Å². The Morgan fingerprint density at radius 2 is 2.08 bits per heavy atom. The Kier molecular flexibility index (Phi) is 3.50. The lowest BCUT2D eigenvalue weighted by Gasteiger charge is -1.96. The highest BCUT2D eigenvalue weighted by atomic mass is 15.0. The van der Waals surface area contributed by atoms with E-state index in [9.17, 15) is 0 Å². The lowest BCUT2D eigenvalue weighted by molar-refractivity contribution is 1.10. The molecule has 2 nitrogen and oxygen atoms in total. The van der Waals surface area contributed by atoms with Crippen molar-refractivity contribution >= 4 is 5.65 Å². The predicted octanol–water partition coefficient (Wildman–Crippen LogP) is 2.92. The van der Waals surface area contributed by atoms with Gasteiger partial charge in [0.2, 0.25) is 0 Å². The predicted molar refractivity (Wildman–Crippen MR) is 55.9 cm³/mol. The van der Waals surface area contributed by atoms with Gasteiger partial charge in [-0.2, -0.15) is 0 Å². The molecule has 2 heterocycles. The molecule has 0 N–H and O–H groups in total. The number of nitrogens with zero attached hydrogens (tertiary/aromatic N) is 2. The molecule has 0 saturated heterocycles. The maximum absolute atomic E-state index is 4.19. The SMILES string of the molecule is CC.CCc1ccn2ccnc2c1. The summed E-state index contributed by atoms with van der Waals surface area (Å²) in [5, 5.41) is 0. The van der Waals surface area contributed by atoms with Gasteiger partial charge in [0.25, 0.3) is 0 Å². The van der Waals surface area contributed by atoms with Gasteiger partial charge < -0.3 is 4.40 Å². The van der Waals surface area contributed by atoms with Crippen LogP contribution >= 0.6 is 0 Å². The van der Waals surface area contributed by atoms with Crippen LogP contribution in [0.15, 0.2) is 30.7 Å². The van der Waals surface area contributed by atoms with Crippen LogP contribution in [0.3, 0.4) is 0 Å². The van der Waals surface area contributed by atoms with Crippen LogP contribution in [0.5, 0.6) is 0 Å². The fourth-order valence-electron chi connectivity index (χ4n) is 1.17. The molecular weight excluding hydrogens is 160 g/mol. The number of imidazole rings is 1. The van der Waals surface area contributed by atoms with E-state index in [2.05, 4.69) is 24.0 Å². The molecule has 0 aromatic carbocycles. The summed E-state index contributed by atoms with van der Waals surface area (Å²) in [6.45, 7) is 6.15. The van der Waals surface area contributed by atoms with Crippen LogP contribution < -0.4 is 0 Å². The Morgan fingerprint density at radius 1 is 1.31 bits per heavy atom. The first-order valence-electron chi connectivity index (χ1n) is 4.82. The summed E-state index contributed by atoms with van der Waals surface area (Å²) in [7, 11) is 0. The molecule has 2 rings (SSSR count). The summed E-state index contributed by atoms with van der Waals surface area (Å²) in [5.41, 5.74) is 2.37. The Labute approximate surface area is 79.2 Å². The third-order valence-electron chi connectivity index (χ3n) is 1.87. The van der Waals surface area contributed by atoms with E-state index < -0.39 is 0 Å². The van der Waals surface area contributed by atoms with Crippen LogP contribution in [-0.4, -0.2) is 9.38 Å². The first kappa shape index (κ1) is 9.78. The van der Waals surface area contributed by atoms with Crippen molar-refractivity contribution in [1.82, 2.24) is 9.38 Å². The maximum Gasteiger partial charge on any atom is 0.136 e. The number of aryl methyl sites for hydroxylation is 1. The van der Waals surface area contributed by atoms with Gasteiger partial charge in [-0.3, -0.25) is 0 Å². The molecule has 13 heavy (non-hydrogen) atoms. The molecule has 2 heteroatoms. The highest BCUT2D eigenvalue weighted by Gasteiger charge is 1.93. The van der Waals surface area contributed by atoms with Crippen LogP contribution in [0.2, 0.25) is 0 Å². The van der Waals surface area contributed by atoms with E-state index in [0.717, 1.165) is 12.1 Å². The van der Waals surface area contributed by atoms with Crippen LogP contribution in [0.25, 0.3) is 5.65 Å². The molecule has 0 saturated carbocycles. The molecule has 0 atom stereocenters. The number of rotatable bonds is 1. The fraction of sp³-hybridized carbons (Fsp3) is 0.364. The van der Waals surface area contributed by atoms with Crippen molar-refractivity contribution in [2.75, 3.05) is 0 Å². The maximum atomic E-state index is 4.19. The van der Waals surface area contributed by atoms with Crippen LogP contribution in [0.4, 0.5) is 0 Å². The second-order valence-corrected chi connectivity index (χ2v) is 2.58. The molecule has 0 spiro atoms. The molecule has 0 fully saturated rings. The van der Waals surface area contributed by atoms with E-state index in [0.29, 0.717) is 0 Å². The van der Waals surface area contributed by atoms with Crippen molar-refractivity contribution in [2.45, 2.75) is 27.2 Å². The Hall–Kier alpha value is -1.31. The fourth-order valence-corrected chi connectivity index (χ4v) is 1.17. The topological polar surface area (TPSA) is 17.3 Å². The monoisotopic (exact) mass is 176 g/mol. The van der Waals surface area contributed by atoms with Gasteiger partial charge in [-0.15, -0.1) is 0 Å². The van der Waals surface area contributed by atoms with Crippen LogP contribution in [-0.2, 0) is 6.42 Å². The first-order valence-corrected chi connectivity index (χ1v) is 4.82. The number of hydrogen-bond donors (Lipinski definition) is 0. The summed E-state index contributed by atoms with van der Waals surface area (Å²) in [5.74, 6) is 0. The Balaban J connectivity index is 0.000000396. The molecule has 0 radical (unpaired) electrons. The van der Waals surface area contributed by atoms with Crippen LogP contribution in [0.1, 0.15) is 26.3 Å². The molecule has 0 aliphatic heterocycles. The largest absolute Gasteiger partial charge is 0.307 e. The molecule has 0 amide bonds. The minimum Gasteiger partial charge on any atom is -0.307 e. The standard InChI is InChI=1S/C9H10N2.C2H6/c1-2-8-3-5-11-6-4-10-9(11)7-8;1-2/h3-7H,2H2,1H3;1-2H3. The van der Waals surface area contributed by atoms with Gasteiger partial charge in [-0.25, -0.2) is 4.98 Å². The minimum atomic E-state index is 1.03. The number of fused-ring (bicyclic) bond motifs is 1. The molecule has 70 valence electrons. The number of aromatic nitrogens is 2. The van der Waals surface area contributed by atoms with Gasteiger partial charge in [0, 0.05) is 18.6 Å². The van der Waals surface area contributed by atoms with Gasteiger partial charge in [-0.1, -0.05) is 20.8 Å². The lowest BCUT2D eigenvalue weighted by atomic mass is 10.2. The van der Waals surface area contributed by atoms with Gasteiger partial charge in [0.05, 0.1) is 0 Å². The molecule has 2 aromatic rings. The quantitative estimate of drug-likeness (QED) is 0.653. The molecule has 0 aliphatic carbocycles. The van der Waals surface area contributed by atoms with Gasteiger partial charge in [0.15, 0.2) is 0 Å². The van der Waals surface area contributed by atoms with E-state index in [1.807, 2.05) is 36.8 Å². The highest BCUT2D eigenvalue weighted by Crippen LogP contribution is 2.05. The van der Waals surface area contributed by atoms with E-state index in [4.69, 9.17) is 0 Å². The van der Waals surface area contributed by atoms with Gasteiger partial charge in [0.1, 0.15) is 5.65 Å². The average molecular weight is 176 g/mol. The van der Waals surface area contributed by atoms with Crippen LogP contribution in [0, 0.1) is 0 Å². The third-order valence-corrected chi connectivity index (χ3v) is 1.87. The zero-order valence-corrected chi connectivity index (χ0v) is 8.49. The number of hydrogen-bond acceptors (Lipinski definition) is 1. The Bertz CT molecular complexity index is 363. The van der Waals surface area contributed by atoms with E-state index >= 15 is 0 Å². The van der Waals surface area contributed by atoms with Crippen molar-refractivity contribution in [3.63, 3.8) is 0 Å². The summed E-state index contributed by atoms with van der Waals surface area (Å²) in [4.78, 5) is 4.19. The smallest absolute Gasteiger partial charge is 0.136 e. The first-order chi connectivity index (χ1) is 6.40. The van der Waals surface area contributed by atoms with Crippen molar-refractivity contribution in [1.29, 1.82) is 0 Å². The molecule has 0 bridgehead atoms. The molecular formula is C11H16N2. The summed E-state index contributed by atoms with van der Waals surface area (Å²) in [6.07, 6.45) is 6.88. The second-order valence-electron chi connectivity index (χ2n) is 2.58. The summed E-state index contributed by atoms with van der Waals surface area (Å²) < 4.78 is 2.01. The van der Waals surface area contributed by atoms with E-state index in [1.54, 1.807) is 0 Å². The second kappa shape index (κ2) is 4.65. The molecule has 2 aromatic heterocycles. The highest BCUT2D eigenvalue weighted by molar-refractivity contribution is 5.40. The average Bonchev–Trinajstić information content (AvgIpc) is 2.67. The molecule has 0 unspecified atom stereocenters. The summed E-state index contributed by atoms with van der Waals surface area (Å²) >= 11 is 0. The zero-order valence-electron chi connectivity index (χ0n) is 8.49. The zero-order chi connectivity index (χ0) is 9.68. The van der Waals surface area contributed by atoms with E-state index in [1.165, 1.54) is 5.56 Å². The molecule has 0 aliphatic rings. The summed E-state index contributed by atoms with van der Waals surface area (Å²) in [6, 6.07) is 4.23. The third kappa shape index (κ3) is 2.08. The lowest BCUT2D eigenvalue weighted by Crippen LogP contribution is -1.85. The van der Waals surface area contributed by atoms with E-state index in [-0.39, 0.29) is 0 Å². The minimum absolute atomic E-state index is 1.03. The normalized spacial score (nSPS) is 9.46. The van der Waals surface area contributed by atoms with Crippen molar-refractivity contribution in [3.8, 4) is 0 Å². The van der Waals surface area contributed by atoms with Crippen molar-refractivity contribution < 1.29 is 0 Å². The van der Waals surface area contributed by atoms with Crippen molar-refractivity contribution in [3.05, 3.63) is 36.3 Å². The van der Waals surface area contributed by atoms with Gasteiger partial charge >= 0.3 is 0 Å². The Morgan fingerprint density at radius 3 is 2.77 bits per heavy atom. The van der Waals surface area contributed by atoms with Gasteiger partial charge in [-0.05, 0) is 24.1 Å².